The number of ether oxygens (including phenoxy) is 1. The number of carbonyl (C=O) groups is 2. The number of allylic oxidation sites excluding steroid dienone is 1. The topological polar surface area (TPSA) is 71.4 Å². The fraction of sp³-hybridized carbons (Fsp3) is 0.231. The number of rotatable bonds is 9. The summed E-state index contributed by atoms with van der Waals surface area (Å²) in [6.07, 6.45) is 5.87. The predicted molar refractivity (Wildman–Crippen MR) is 118 cm³/mol. The molecule has 3 rings (SSSR count). The summed E-state index contributed by atoms with van der Waals surface area (Å²) in [5.41, 5.74) is 2.99. The molecule has 1 heterocycles. The van der Waals surface area contributed by atoms with E-state index in [1.165, 1.54) is 13.8 Å². The second-order valence-electron chi connectivity index (χ2n) is 7.97. The molecular formula is C26H26NNaO4. The van der Waals surface area contributed by atoms with Crippen LogP contribution in [0.4, 0.5) is 0 Å². The first kappa shape index (κ1) is 25.8. The maximum absolute atomic E-state index is 12.8. The monoisotopic (exact) mass is 439 g/mol. The smallest absolute Gasteiger partial charge is 0.547 e. The molecule has 0 bridgehead atoms. The second kappa shape index (κ2) is 11.4. The van der Waals surface area contributed by atoms with Crippen molar-refractivity contribution < 1.29 is 49.0 Å². The van der Waals surface area contributed by atoms with Crippen LogP contribution >= 0.6 is 0 Å². The summed E-state index contributed by atoms with van der Waals surface area (Å²) in [5.74, 6) is -1.24. The van der Waals surface area contributed by atoms with E-state index in [0.717, 1.165) is 16.7 Å². The van der Waals surface area contributed by atoms with Gasteiger partial charge < -0.3 is 19.2 Å². The summed E-state index contributed by atoms with van der Waals surface area (Å²) in [6, 6.07) is 19.0. The third-order valence-corrected chi connectivity index (χ3v) is 5.06. The van der Waals surface area contributed by atoms with E-state index in [0.29, 0.717) is 17.8 Å². The third-order valence-electron chi connectivity index (χ3n) is 5.06. The zero-order valence-electron chi connectivity index (χ0n) is 19.0. The van der Waals surface area contributed by atoms with E-state index in [4.69, 9.17) is 4.74 Å². The average molecular weight is 439 g/mol. The molecular weight excluding hydrogens is 413 g/mol. The minimum absolute atomic E-state index is 0. The summed E-state index contributed by atoms with van der Waals surface area (Å²) in [7, 11) is 0. The second-order valence-corrected chi connectivity index (χ2v) is 7.97. The first-order chi connectivity index (χ1) is 14.8. The van der Waals surface area contributed by atoms with Crippen molar-refractivity contribution in [2.75, 3.05) is 0 Å². The Kier molecular flexibility index (Phi) is 9.22. The number of aromatic nitrogens is 1. The van der Waals surface area contributed by atoms with Gasteiger partial charge in [-0.3, -0.25) is 4.79 Å². The molecule has 0 unspecified atom stereocenters. The van der Waals surface area contributed by atoms with Crippen LogP contribution in [0.3, 0.4) is 0 Å². The van der Waals surface area contributed by atoms with Crippen LogP contribution in [0.1, 0.15) is 46.6 Å². The molecule has 0 radical (unpaired) electrons. The summed E-state index contributed by atoms with van der Waals surface area (Å²) in [6.45, 7) is 5.70. The van der Waals surface area contributed by atoms with Gasteiger partial charge in [-0.1, -0.05) is 66.2 Å². The maximum Gasteiger partial charge on any atom is 1.00 e. The Bertz CT molecular complexity index is 1080. The van der Waals surface area contributed by atoms with E-state index in [2.05, 4.69) is 0 Å². The van der Waals surface area contributed by atoms with Crippen LogP contribution in [-0.4, -0.2) is 21.9 Å². The number of aryl methyl sites for hydroxylation is 1. The fourth-order valence-electron chi connectivity index (χ4n) is 2.98. The largest absolute Gasteiger partial charge is 1.00 e. The molecule has 3 aromatic rings. The van der Waals surface area contributed by atoms with Crippen molar-refractivity contribution in [1.82, 2.24) is 4.57 Å². The van der Waals surface area contributed by atoms with Crippen LogP contribution in [-0.2, 0) is 22.7 Å². The van der Waals surface area contributed by atoms with Crippen molar-refractivity contribution >= 4 is 17.8 Å². The number of carboxylic acid groups (broad SMARTS) is 1. The van der Waals surface area contributed by atoms with Crippen LogP contribution in [0.2, 0.25) is 0 Å². The molecule has 32 heavy (non-hydrogen) atoms. The van der Waals surface area contributed by atoms with Gasteiger partial charge >= 0.3 is 29.6 Å². The van der Waals surface area contributed by atoms with E-state index >= 15 is 0 Å². The van der Waals surface area contributed by atoms with Crippen LogP contribution in [0.15, 0.2) is 72.9 Å². The first-order valence-electron chi connectivity index (χ1n) is 10.1. The number of carboxylic acids is 1. The van der Waals surface area contributed by atoms with Crippen LogP contribution in [0.25, 0.3) is 6.08 Å². The maximum atomic E-state index is 12.8. The van der Waals surface area contributed by atoms with Gasteiger partial charge in [-0.25, -0.2) is 0 Å². The van der Waals surface area contributed by atoms with E-state index < -0.39 is 11.6 Å². The Morgan fingerprint density at radius 1 is 1.03 bits per heavy atom. The number of hydrogen-bond acceptors (Lipinski definition) is 4. The summed E-state index contributed by atoms with van der Waals surface area (Å²) >= 11 is 0. The van der Waals surface area contributed by atoms with Crippen molar-refractivity contribution in [2.45, 2.75) is 39.5 Å². The molecule has 0 aliphatic heterocycles. The Labute approximate surface area is 211 Å². The van der Waals surface area contributed by atoms with Gasteiger partial charge in [0.2, 0.25) is 5.78 Å². The Hall–Kier alpha value is -2.44. The van der Waals surface area contributed by atoms with Gasteiger partial charge in [0, 0.05) is 18.3 Å². The quantitative estimate of drug-likeness (QED) is 0.365. The third kappa shape index (κ3) is 6.78. The number of benzene rings is 2. The molecule has 0 saturated heterocycles. The predicted octanol–water partition coefficient (Wildman–Crippen LogP) is 0.790. The van der Waals surface area contributed by atoms with Crippen LogP contribution in [0, 0.1) is 6.92 Å². The van der Waals surface area contributed by atoms with Gasteiger partial charge in [0.25, 0.3) is 0 Å². The minimum Gasteiger partial charge on any atom is -0.547 e. The Balaban J connectivity index is 0.00000363. The van der Waals surface area contributed by atoms with Crippen molar-refractivity contribution in [3.63, 3.8) is 0 Å². The van der Waals surface area contributed by atoms with Crippen LogP contribution < -0.4 is 34.7 Å². The van der Waals surface area contributed by atoms with Crippen molar-refractivity contribution in [3.05, 3.63) is 101 Å². The molecule has 0 aliphatic rings. The number of aliphatic carboxylic acids is 1. The van der Waals surface area contributed by atoms with E-state index in [9.17, 15) is 14.7 Å². The fourth-order valence-corrected chi connectivity index (χ4v) is 2.98. The van der Waals surface area contributed by atoms with E-state index in [1.807, 2.05) is 90.5 Å². The molecule has 6 heteroatoms. The SMILES string of the molecule is Cc1ccc(C(=O)c2cccn2CC=Cc2ccc(COC(C)(C)C(=O)[O-])cc2)cc1.[Na+]. The summed E-state index contributed by atoms with van der Waals surface area (Å²) in [5, 5.41) is 11.0. The molecule has 0 spiro atoms. The normalized spacial score (nSPS) is 11.3. The first-order valence-corrected chi connectivity index (χ1v) is 10.1. The minimum atomic E-state index is -1.33. The molecule has 0 atom stereocenters. The molecule has 0 fully saturated rings. The van der Waals surface area contributed by atoms with Gasteiger partial charge in [-0.2, -0.15) is 0 Å². The standard InChI is InChI=1S/C26H27NO4.Na/c1-19-8-14-22(15-9-19)24(28)23-7-5-17-27(23)16-4-6-20-10-12-21(13-11-20)18-31-26(2,3)25(29)30;/h4-15,17H,16,18H2,1-3H3,(H,29,30);/q;+1/p-1. The van der Waals surface area contributed by atoms with Crippen LogP contribution in [0.5, 0.6) is 0 Å². The Morgan fingerprint density at radius 3 is 2.31 bits per heavy atom. The molecule has 160 valence electrons. The average Bonchev–Trinajstić information content (AvgIpc) is 3.21. The van der Waals surface area contributed by atoms with E-state index in [1.54, 1.807) is 0 Å². The molecule has 2 aromatic carbocycles. The zero-order valence-corrected chi connectivity index (χ0v) is 21.0. The number of nitrogens with zero attached hydrogens (tertiary/aromatic N) is 1. The van der Waals surface area contributed by atoms with Gasteiger partial charge in [-0.05, 0) is 44.0 Å². The van der Waals surface area contributed by atoms with Gasteiger partial charge in [0.05, 0.1) is 18.3 Å². The van der Waals surface area contributed by atoms with Crippen molar-refractivity contribution in [2.24, 2.45) is 0 Å². The van der Waals surface area contributed by atoms with Gasteiger partial charge in [0.15, 0.2) is 0 Å². The van der Waals surface area contributed by atoms with Gasteiger partial charge in [0.1, 0.15) is 5.60 Å². The molecule has 0 saturated carbocycles. The summed E-state index contributed by atoms with van der Waals surface area (Å²) in [4.78, 5) is 23.8. The molecule has 0 aliphatic carbocycles. The molecule has 5 nitrogen and oxygen atoms in total. The number of carbonyl (C=O) groups excluding carboxylic acids is 2. The van der Waals surface area contributed by atoms with Crippen molar-refractivity contribution in [3.8, 4) is 0 Å². The molecule has 0 N–H and O–H groups in total. The number of hydrogen-bond donors (Lipinski definition) is 0. The van der Waals surface area contributed by atoms with Gasteiger partial charge in [-0.15, -0.1) is 0 Å². The Morgan fingerprint density at radius 2 is 1.69 bits per heavy atom. The van der Waals surface area contributed by atoms with Crippen molar-refractivity contribution in [1.29, 1.82) is 0 Å². The number of ketones is 1. The molecule has 1 aromatic heterocycles. The zero-order chi connectivity index (χ0) is 22.4. The summed E-state index contributed by atoms with van der Waals surface area (Å²) < 4.78 is 7.33. The van der Waals surface area contributed by atoms with E-state index in [-0.39, 0.29) is 41.9 Å². The molecule has 0 amide bonds.